The van der Waals surface area contributed by atoms with Crippen molar-refractivity contribution in [2.45, 2.75) is 79.6 Å². The van der Waals surface area contributed by atoms with Gasteiger partial charge in [0, 0.05) is 6.42 Å². The van der Waals surface area contributed by atoms with Gasteiger partial charge in [-0.3, -0.25) is 0 Å². The average Bonchev–Trinajstić information content (AvgIpc) is 2.35. The molecular formula is C19H33F. The van der Waals surface area contributed by atoms with Crippen LogP contribution < -0.4 is 0 Å². The van der Waals surface area contributed by atoms with Crippen molar-refractivity contribution in [2.24, 2.45) is 17.3 Å². The Morgan fingerprint density at radius 2 is 1.75 bits per heavy atom. The van der Waals surface area contributed by atoms with Gasteiger partial charge in [-0.15, -0.1) is 0 Å². The van der Waals surface area contributed by atoms with Crippen LogP contribution in [0, 0.1) is 17.3 Å². The van der Waals surface area contributed by atoms with Crippen molar-refractivity contribution in [3.05, 3.63) is 23.6 Å². The molecule has 0 fully saturated rings. The number of allylic oxidation sites excluding steroid dienone is 4. The first kappa shape index (κ1) is 17.5. The van der Waals surface area contributed by atoms with Crippen molar-refractivity contribution in [1.29, 1.82) is 0 Å². The second-order valence-electron chi connectivity index (χ2n) is 7.89. The van der Waals surface area contributed by atoms with E-state index in [0.29, 0.717) is 17.8 Å². The van der Waals surface area contributed by atoms with Crippen molar-refractivity contribution in [1.82, 2.24) is 0 Å². The van der Waals surface area contributed by atoms with E-state index in [9.17, 15) is 4.39 Å². The normalized spacial score (nSPS) is 19.3. The fourth-order valence-corrected chi connectivity index (χ4v) is 2.88. The molecule has 0 heterocycles. The summed E-state index contributed by atoms with van der Waals surface area (Å²) in [7, 11) is 0. The van der Waals surface area contributed by atoms with Crippen LogP contribution in [-0.2, 0) is 0 Å². The minimum atomic E-state index is 0.0384. The van der Waals surface area contributed by atoms with Gasteiger partial charge >= 0.3 is 0 Å². The molecule has 0 aromatic carbocycles. The summed E-state index contributed by atoms with van der Waals surface area (Å²) in [5.41, 5.74) is 1.91. The summed E-state index contributed by atoms with van der Waals surface area (Å²) in [4.78, 5) is 0. The molecule has 20 heavy (non-hydrogen) atoms. The van der Waals surface area contributed by atoms with Crippen molar-refractivity contribution >= 4 is 0 Å². The van der Waals surface area contributed by atoms with Gasteiger partial charge in [0.15, 0.2) is 0 Å². The summed E-state index contributed by atoms with van der Waals surface area (Å²) in [5, 5.41) is 0. The molecular weight excluding hydrogens is 247 g/mol. The lowest BCUT2D eigenvalue weighted by Gasteiger charge is -2.21. The first-order valence-electron chi connectivity index (χ1n) is 8.33. The van der Waals surface area contributed by atoms with E-state index in [0.717, 1.165) is 12.3 Å². The third-order valence-corrected chi connectivity index (χ3v) is 4.48. The number of hydrogen-bond acceptors (Lipinski definition) is 0. The van der Waals surface area contributed by atoms with Crippen molar-refractivity contribution in [3.8, 4) is 0 Å². The van der Waals surface area contributed by atoms with E-state index < -0.39 is 0 Å². The Hall–Kier alpha value is -0.590. The quantitative estimate of drug-likeness (QED) is 0.479. The first-order valence-corrected chi connectivity index (χ1v) is 8.33. The monoisotopic (exact) mass is 280 g/mol. The summed E-state index contributed by atoms with van der Waals surface area (Å²) in [6.07, 6.45) is 11.7. The van der Waals surface area contributed by atoms with Crippen LogP contribution in [0.4, 0.5) is 4.39 Å². The van der Waals surface area contributed by atoms with Crippen LogP contribution in [0.25, 0.3) is 0 Å². The second-order valence-corrected chi connectivity index (χ2v) is 7.89. The highest BCUT2D eigenvalue weighted by molar-refractivity contribution is 5.22. The van der Waals surface area contributed by atoms with Crippen LogP contribution in [0.15, 0.2) is 23.6 Å². The Bertz CT molecular complexity index is 343. The highest BCUT2D eigenvalue weighted by Gasteiger charge is 2.15. The summed E-state index contributed by atoms with van der Waals surface area (Å²) >= 11 is 0. The van der Waals surface area contributed by atoms with Gasteiger partial charge in [-0.25, -0.2) is 4.39 Å². The summed E-state index contributed by atoms with van der Waals surface area (Å²) in [6.45, 7) is 11.6. The SMILES string of the molecule is CC(CCCC(C)(C)C)CCC(C)C1=CC=C(F)CC1. The smallest absolute Gasteiger partial charge is 0.100 e. The minimum Gasteiger partial charge on any atom is -0.212 e. The molecule has 1 aliphatic carbocycles. The molecule has 0 saturated heterocycles. The van der Waals surface area contributed by atoms with Gasteiger partial charge < -0.3 is 0 Å². The van der Waals surface area contributed by atoms with Gasteiger partial charge in [-0.2, -0.15) is 0 Å². The third-order valence-electron chi connectivity index (χ3n) is 4.48. The van der Waals surface area contributed by atoms with Gasteiger partial charge in [0.1, 0.15) is 5.83 Å². The maximum atomic E-state index is 13.0. The lowest BCUT2D eigenvalue weighted by Crippen LogP contribution is -2.07. The van der Waals surface area contributed by atoms with Crippen LogP contribution in [0.5, 0.6) is 0 Å². The van der Waals surface area contributed by atoms with Crippen molar-refractivity contribution in [2.75, 3.05) is 0 Å². The Morgan fingerprint density at radius 1 is 1.05 bits per heavy atom. The molecule has 2 unspecified atom stereocenters. The van der Waals surface area contributed by atoms with Crippen LogP contribution >= 0.6 is 0 Å². The lowest BCUT2D eigenvalue weighted by atomic mass is 9.84. The van der Waals surface area contributed by atoms with Crippen LogP contribution in [0.2, 0.25) is 0 Å². The Morgan fingerprint density at radius 3 is 2.30 bits per heavy atom. The molecule has 0 nitrogen and oxygen atoms in total. The van der Waals surface area contributed by atoms with E-state index >= 15 is 0 Å². The van der Waals surface area contributed by atoms with E-state index in [-0.39, 0.29) is 5.83 Å². The van der Waals surface area contributed by atoms with E-state index in [1.54, 1.807) is 6.08 Å². The molecule has 0 bridgehead atoms. The molecule has 0 amide bonds. The maximum Gasteiger partial charge on any atom is 0.100 e. The summed E-state index contributed by atoms with van der Waals surface area (Å²) in [6, 6.07) is 0. The molecule has 0 N–H and O–H groups in total. The maximum absolute atomic E-state index is 13.0. The zero-order valence-electron chi connectivity index (χ0n) is 14.1. The topological polar surface area (TPSA) is 0 Å². The van der Waals surface area contributed by atoms with E-state index in [4.69, 9.17) is 0 Å². The molecule has 0 aromatic rings. The number of halogens is 1. The van der Waals surface area contributed by atoms with Gasteiger partial charge in [-0.05, 0) is 42.6 Å². The van der Waals surface area contributed by atoms with Crippen LogP contribution in [-0.4, -0.2) is 0 Å². The molecule has 116 valence electrons. The Labute approximate surface area is 125 Å². The minimum absolute atomic E-state index is 0.0384. The van der Waals surface area contributed by atoms with Gasteiger partial charge in [0.05, 0.1) is 0 Å². The van der Waals surface area contributed by atoms with Crippen molar-refractivity contribution in [3.63, 3.8) is 0 Å². The highest BCUT2D eigenvalue weighted by Crippen LogP contribution is 2.30. The predicted molar refractivity (Wildman–Crippen MR) is 87.4 cm³/mol. The molecule has 0 aromatic heterocycles. The first-order chi connectivity index (χ1) is 9.28. The van der Waals surface area contributed by atoms with E-state index in [1.165, 1.54) is 37.7 Å². The fourth-order valence-electron chi connectivity index (χ4n) is 2.88. The molecule has 1 heteroatoms. The summed E-state index contributed by atoms with van der Waals surface area (Å²) in [5.74, 6) is 1.47. The molecule has 0 aliphatic heterocycles. The second kappa shape index (κ2) is 8.00. The molecule has 0 radical (unpaired) electrons. The molecule has 1 aliphatic rings. The van der Waals surface area contributed by atoms with Gasteiger partial charge in [0.2, 0.25) is 0 Å². The molecule has 1 rings (SSSR count). The van der Waals surface area contributed by atoms with E-state index in [1.807, 2.05) is 6.08 Å². The standard InChI is InChI=1S/C19H33F/c1-15(7-6-14-19(3,4)5)8-9-16(2)17-10-12-18(20)13-11-17/h10,12,15-16H,6-9,11,13-14H2,1-5H3. The number of hydrogen-bond donors (Lipinski definition) is 0. The van der Waals surface area contributed by atoms with E-state index in [2.05, 4.69) is 34.6 Å². The van der Waals surface area contributed by atoms with Gasteiger partial charge in [-0.1, -0.05) is 65.5 Å². The van der Waals surface area contributed by atoms with Crippen LogP contribution in [0.1, 0.15) is 79.6 Å². The zero-order valence-corrected chi connectivity index (χ0v) is 14.1. The number of rotatable bonds is 7. The molecule has 0 spiro atoms. The largest absolute Gasteiger partial charge is 0.212 e. The Kier molecular flexibility index (Phi) is 6.99. The van der Waals surface area contributed by atoms with Crippen LogP contribution in [0.3, 0.4) is 0 Å². The molecule has 0 saturated carbocycles. The zero-order chi connectivity index (χ0) is 15.2. The average molecular weight is 280 g/mol. The predicted octanol–water partition coefficient (Wildman–Crippen LogP) is 6.83. The third kappa shape index (κ3) is 7.26. The molecule has 2 atom stereocenters. The highest BCUT2D eigenvalue weighted by atomic mass is 19.1. The fraction of sp³-hybridized carbons (Fsp3) is 0.789. The van der Waals surface area contributed by atoms with Gasteiger partial charge in [0.25, 0.3) is 0 Å². The van der Waals surface area contributed by atoms with Crippen molar-refractivity contribution < 1.29 is 4.39 Å². The lowest BCUT2D eigenvalue weighted by molar-refractivity contribution is 0.332. The Balaban J connectivity index is 2.22. The summed E-state index contributed by atoms with van der Waals surface area (Å²) < 4.78 is 13.0.